The maximum Gasteiger partial charge on any atom is 0.364 e. The number of aliphatic hydroxyl groups is 1. The number of hydrogen-bond acceptors (Lipinski definition) is 3. The van der Waals surface area contributed by atoms with Gasteiger partial charge >= 0.3 is 7.60 Å². The summed E-state index contributed by atoms with van der Waals surface area (Å²) < 4.78 is 22.2. The van der Waals surface area contributed by atoms with E-state index in [1.165, 1.54) is 24.3 Å². The van der Waals surface area contributed by atoms with Crippen molar-refractivity contribution in [1.29, 1.82) is 0 Å². The van der Waals surface area contributed by atoms with E-state index in [0.717, 1.165) is 0 Å². The zero-order chi connectivity index (χ0) is 11.7. The molecule has 1 aromatic rings. The van der Waals surface area contributed by atoms with Crippen molar-refractivity contribution >= 4 is 20.3 Å². The molecule has 2 atom stereocenters. The lowest BCUT2D eigenvalue weighted by atomic mass is 10.4. The van der Waals surface area contributed by atoms with Crippen LogP contribution in [0.25, 0.3) is 0 Å². The summed E-state index contributed by atoms with van der Waals surface area (Å²) in [5, 5.41) is 8.90. The highest BCUT2D eigenvalue weighted by atomic mass is 31.2. The molecule has 2 unspecified atom stereocenters. The van der Waals surface area contributed by atoms with Gasteiger partial charge in [0.25, 0.3) is 7.37 Å². The maximum absolute atomic E-state index is 11.6. The van der Waals surface area contributed by atoms with Gasteiger partial charge in [-0.3, -0.25) is 9.13 Å². The van der Waals surface area contributed by atoms with Gasteiger partial charge in [-0.25, -0.2) is 0 Å². The van der Waals surface area contributed by atoms with Crippen molar-refractivity contribution < 1.29 is 28.9 Å². The molecule has 0 aliphatic rings. The van der Waals surface area contributed by atoms with Crippen LogP contribution >= 0.6 is 15.0 Å². The van der Waals surface area contributed by atoms with Crippen LogP contribution in [-0.4, -0.2) is 25.4 Å². The molecular formula is C7H10O6P2. The van der Waals surface area contributed by atoms with Crippen LogP contribution in [0.15, 0.2) is 30.3 Å². The highest BCUT2D eigenvalue weighted by molar-refractivity contribution is 7.78. The van der Waals surface area contributed by atoms with E-state index in [0.29, 0.717) is 0 Å². The predicted molar refractivity (Wildman–Crippen MR) is 54.0 cm³/mol. The van der Waals surface area contributed by atoms with Gasteiger partial charge in [-0.1, -0.05) is 18.2 Å². The predicted octanol–water partition coefficient (Wildman–Crippen LogP) is 0.0359. The van der Waals surface area contributed by atoms with Crippen molar-refractivity contribution in [3.63, 3.8) is 0 Å². The topological polar surface area (TPSA) is 115 Å². The van der Waals surface area contributed by atoms with Gasteiger partial charge in [0.05, 0.1) is 0 Å². The van der Waals surface area contributed by atoms with Gasteiger partial charge in [-0.2, -0.15) is 0 Å². The minimum atomic E-state index is -5.00. The molecule has 1 aromatic carbocycles. The van der Waals surface area contributed by atoms with Crippen molar-refractivity contribution in [2.45, 2.75) is 5.59 Å². The van der Waals surface area contributed by atoms with Crippen LogP contribution in [0.3, 0.4) is 0 Å². The highest BCUT2D eigenvalue weighted by Gasteiger charge is 2.43. The second-order valence-corrected chi connectivity index (χ2v) is 7.22. The Morgan fingerprint density at radius 1 is 1.00 bits per heavy atom. The first-order valence-corrected chi connectivity index (χ1v) is 7.28. The Kier molecular flexibility index (Phi) is 3.51. The fourth-order valence-electron chi connectivity index (χ4n) is 0.979. The molecule has 6 nitrogen and oxygen atoms in total. The lowest BCUT2D eigenvalue weighted by Gasteiger charge is -2.18. The van der Waals surface area contributed by atoms with Crippen molar-refractivity contribution in [3.8, 4) is 0 Å². The minimum absolute atomic E-state index is 0.194. The van der Waals surface area contributed by atoms with E-state index in [4.69, 9.17) is 14.9 Å². The van der Waals surface area contributed by atoms with Crippen LogP contribution in [0.1, 0.15) is 0 Å². The lowest BCUT2D eigenvalue weighted by molar-refractivity contribution is 0.245. The van der Waals surface area contributed by atoms with E-state index in [9.17, 15) is 14.0 Å². The summed E-state index contributed by atoms with van der Waals surface area (Å²) in [7, 11) is -9.47. The van der Waals surface area contributed by atoms with Crippen molar-refractivity contribution in [3.05, 3.63) is 30.3 Å². The summed E-state index contributed by atoms with van der Waals surface area (Å²) in [5.41, 5.74) is -2.58. The largest absolute Gasteiger partial charge is 0.372 e. The summed E-state index contributed by atoms with van der Waals surface area (Å²) in [6, 6.07) is 6.89. The number of hydrogen-bond donors (Lipinski definition) is 4. The number of benzene rings is 1. The van der Waals surface area contributed by atoms with Gasteiger partial charge in [0, 0.05) is 5.30 Å². The molecular weight excluding hydrogens is 242 g/mol. The van der Waals surface area contributed by atoms with E-state index < -0.39 is 20.6 Å². The third kappa shape index (κ3) is 2.75. The third-order valence-electron chi connectivity index (χ3n) is 1.74. The van der Waals surface area contributed by atoms with Crippen LogP contribution in [0, 0.1) is 0 Å². The first-order valence-electron chi connectivity index (χ1n) is 3.87. The van der Waals surface area contributed by atoms with Crippen LogP contribution in [0.4, 0.5) is 0 Å². The molecule has 0 bridgehead atoms. The molecule has 15 heavy (non-hydrogen) atoms. The van der Waals surface area contributed by atoms with E-state index in [1.807, 2.05) is 0 Å². The SMILES string of the molecule is O=P(O)(O)C(O)P(=O)(O)c1ccccc1. The first-order chi connectivity index (χ1) is 6.76. The maximum atomic E-state index is 11.6. The molecule has 0 aliphatic heterocycles. The molecule has 8 heteroatoms. The average molecular weight is 252 g/mol. The van der Waals surface area contributed by atoms with Gasteiger partial charge in [-0.05, 0) is 12.1 Å². The lowest BCUT2D eigenvalue weighted by Crippen LogP contribution is -2.16. The highest BCUT2D eigenvalue weighted by Crippen LogP contribution is 2.59. The Hall–Kier alpha value is -0.480. The molecule has 0 radical (unpaired) electrons. The smallest absolute Gasteiger partial charge is 0.364 e. The van der Waals surface area contributed by atoms with Crippen LogP contribution in [0.2, 0.25) is 0 Å². The molecule has 0 saturated heterocycles. The van der Waals surface area contributed by atoms with Gasteiger partial charge in [0.15, 0.2) is 0 Å². The van der Waals surface area contributed by atoms with Crippen LogP contribution < -0.4 is 5.30 Å². The number of rotatable bonds is 3. The van der Waals surface area contributed by atoms with Crippen molar-refractivity contribution in [2.24, 2.45) is 0 Å². The van der Waals surface area contributed by atoms with Gasteiger partial charge in [0.1, 0.15) is 0 Å². The van der Waals surface area contributed by atoms with Crippen LogP contribution in [0.5, 0.6) is 0 Å². The normalized spacial score (nSPS) is 18.1. The average Bonchev–Trinajstić information content (AvgIpc) is 2.16. The molecule has 1 rings (SSSR count). The molecule has 0 amide bonds. The third-order valence-corrected chi connectivity index (χ3v) is 5.85. The fourth-order valence-corrected chi connectivity index (χ4v) is 3.88. The molecule has 0 aromatic heterocycles. The zero-order valence-electron chi connectivity index (χ0n) is 7.46. The Bertz CT molecular complexity index is 424. The Labute approximate surface area is 85.8 Å². The molecule has 0 saturated carbocycles. The summed E-state index contributed by atoms with van der Waals surface area (Å²) >= 11 is 0. The standard InChI is InChI=1S/C7H10O6P2/c8-7(15(11,12)13)14(9,10)6-4-2-1-3-5-6/h1-5,7-8H,(H,9,10)(H2,11,12,13). The second-order valence-electron chi connectivity index (χ2n) is 2.89. The Morgan fingerprint density at radius 3 is 1.87 bits per heavy atom. The second kappa shape index (κ2) is 4.18. The molecule has 0 fully saturated rings. The van der Waals surface area contributed by atoms with Gasteiger partial charge < -0.3 is 19.8 Å². The van der Waals surface area contributed by atoms with Gasteiger partial charge in [-0.15, -0.1) is 0 Å². The summed E-state index contributed by atoms with van der Waals surface area (Å²) in [6.07, 6.45) is 0. The molecule has 0 spiro atoms. The summed E-state index contributed by atoms with van der Waals surface area (Å²) in [5.74, 6) is 0. The van der Waals surface area contributed by atoms with E-state index in [2.05, 4.69) is 0 Å². The van der Waals surface area contributed by atoms with E-state index in [1.54, 1.807) is 6.07 Å². The van der Waals surface area contributed by atoms with Gasteiger partial charge in [0.2, 0.25) is 5.59 Å². The Balaban J connectivity index is 3.15. The minimum Gasteiger partial charge on any atom is -0.372 e. The summed E-state index contributed by atoms with van der Waals surface area (Å²) in [6.45, 7) is 0. The van der Waals surface area contributed by atoms with Crippen LogP contribution in [-0.2, 0) is 9.13 Å². The molecule has 84 valence electrons. The zero-order valence-corrected chi connectivity index (χ0v) is 9.25. The molecule has 0 heterocycles. The Morgan fingerprint density at radius 2 is 1.47 bits per heavy atom. The fraction of sp³-hybridized carbons (Fsp3) is 0.143. The molecule has 4 N–H and O–H groups in total. The quantitative estimate of drug-likeness (QED) is 0.564. The van der Waals surface area contributed by atoms with E-state index >= 15 is 0 Å². The monoisotopic (exact) mass is 252 g/mol. The summed E-state index contributed by atoms with van der Waals surface area (Å²) in [4.78, 5) is 26.6. The molecule has 0 aliphatic carbocycles. The first kappa shape index (κ1) is 12.6. The van der Waals surface area contributed by atoms with Crippen molar-refractivity contribution in [1.82, 2.24) is 0 Å². The number of aliphatic hydroxyl groups excluding tert-OH is 1. The van der Waals surface area contributed by atoms with E-state index in [-0.39, 0.29) is 5.30 Å². The van der Waals surface area contributed by atoms with Crippen molar-refractivity contribution in [2.75, 3.05) is 0 Å².